The van der Waals surface area contributed by atoms with Crippen LogP contribution in [0.2, 0.25) is 0 Å². The molecule has 0 saturated heterocycles. The number of benzene rings is 2. The average molecular weight is 404 g/mol. The predicted molar refractivity (Wildman–Crippen MR) is 99.6 cm³/mol. The zero-order valence-electron chi connectivity index (χ0n) is 13.6. The molecular weight excluding hydrogens is 386 g/mol. The first kappa shape index (κ1) is 18.7. The van der Waals surface area contributed by atoms with Gasteiger partial charge in [0.1, 0.15) is 0 Å². The number of anilines is 1. The van der Waals surface area contributed by atoms with E-state index in [2.05, 4.69) is 31.9 Å². The first-order chi connectivity index (χ1) is 12.0. The van der Waals surface area contributed by atoms with Gasteiger partial charge in [0, 0.05) is 35.7 Å². The molecule has 0 aliphatic heterocycles. The van der Waals surface area contributed by atoms with Crippen molar-refractivity contribution in [1.29, 1.82) is 0 Å². The summed E-state index contributed by atoms with van der Waals surface area (Å²) in [6, 6.07) is 13.8. The molecule has 3 N–H and O–H groups in total. The molecule has 0 atom stereocenters. The van der Waals surface area contributed by atoms with Gasteiger partial charge in [-0.3, -0.25) is 14.4 Å². The van der Waals surface area contributed by atoms with Crippen LogP contribution in [0.25, 0.3) is 0 Å². The Kier molecular flexibility index (Phi) is 6.71. The van der Waals surface area contributed by atoms with Crippen molar-refractivity contribution in [3.8, 4) is 0 Å². The van der Waals surface area contributed by atoms with E-state index in [1.165, 1.54) is 6.92 Å². The van der Waals surface area contributed by atoms with Gasteiger partial charge in [0.25, 0.3) is 11.8 Å². The van der Waals surface area contributed by atoms with E-state index in [4.69, 9.17) is 0 Å². The summed E-state index contributed by atoms with van der Waals surface area (Å²) in [6.45, 7) is 2.00. The quantitative estimate of drug-likeness (QED) is 0.647. The van der Waals surface area contributed by atoms with E-state index in [1.807, 2.05) is 6.07 Å². The molecule has 2 rings (SSSR count). The van der Waals surface area contributed by atoms with Gasteiger partial charge in [0.2, 0.25) is 5.91 Å². The van der Waals surface area contributed by atoms with E-state index >= 15 is 0 Å². The molecule has 3 amide bonds. The van der Waals surface area contributed by atoms with E-state index in [1.54, 1.807) is 42.5 Å². The minimum atomic E-state index is -0.276. The Morgan fingerprint density at radius 3 is 2.28 bits per heavy atom. The molecule has 0 saturated carbocycles. The lowest BCUT2D eigenvalue weighted by Gasteiger charge is -2.09. The molecule has 0 unspecified atom stereocenters. The largest absolute Gasteiger partial charge is 0.350 e. The molecule has 25 heavy (non-hydrogen) atoms. The van der Waals surface area contributed by atoms with Crippen LogP contribution in [-0.2, 0) is 4.79 Å². The van der Waals surface area contributed by atoms with Crippen LogP contribution in [0.1, 0.15) is 27.6 Å². The van der Waals surface area contributed by atoms with E-state index < -0.39 is 0 Å². The number of hydrogen-bond donors (Lipinski definition) is 3. The van der Waals surface area contributed by atoms with Gasteiger partial charge >= 0.3 is 0 Å². The Morgan fingerprint density at radius 2 is 1.60 bits per heavy atom. The van der Waals surface area contributed by atoms with E-state index in [-0.39, 0.29) is 17.7 Å². The summed E-state index contributed by atoms with van der Waals surface area (Å²) in [6.07, 6.45) is 0. The molecule has 0 fully saturated rings. The Labute approximate surface area is 154 Å². The Bertz CT molecular complexity index is 793. The highest BCUT2D eigenvalue weighted by molar-refractivity contribution is 9.10. The van der Waals surface area contributed by atoms with Crippen LogP contribution in [0, 0.1) is 0 Å². The predicted octanol–water partition coefficient (Wildman–Crippen LogP) is 2.57. The zero-order chi connectivity index (χ0) is 18.2. The van der Waals surface area contributed by atoms with Crippen molar-refractivity contribution in [3.05, 3.63) is 64.1 Å². The number of carbonyl (C=O) groups excluding carboxylic acids is 3. The van der Waals surface area contributed by atoms with Gasteiger partial charge < -0.3 is 16.0 Å². The molecule has 0 aliphatic rings. The molecule has 130 valence electrons. The molecule has 0 aliphatic carbocycles. The van der Waals surface area contributed by atoms with Crippen molar-refractivity contribution in [2.24, 2.45) is 0 Å². The lowest BCUT2D eigenvalue weighted by Crippen LogP contribution is -2.34. The van der Waals surface area contributed by atoms with Crippen LogP contribution in [0.5, 0.6) is 0 Å². The molecule has 0 spiro atoms. The van der Waals surface area contributed by atoms with Crippen LogP contribution >= 0.6 is 15.9 Å². The average Bonchev–Trinajstić information content (AvgIpc) is 2.58. The molecular formula is C18H18BrN3O3. The lowest BCUT2D eigenvalue weighted by atomic mass is 10.2. The molecule has 0 bridgehead atoms. The maximum absolute atomic E-state index is 12.1. The van der Waals surface area contributed by atoms with Crippen molar-refractivity contribution in [3.63, 3.8) is 0 Å². The summed E-state index contributed by atoms with van der Waals surface area (Å²) in [5, 5.41) is 8.09. The van der Waals surface area contributed by atoms with Gasteiger partial charge in [-0.1, -0.05) is 18.2 Å². The van der Waals surface area contributed by atoms with E-state index in [9.17, 15) is 14.4 Å². The summed E-state index contributed by atoms with van der Waals surface area (Å²) < 4.78 is 0.714. The Balaban J connectivity index is 1.82. The molecule has 6 nitrogen and oxygen atoms in total. The highest BCUT2D eigenvalue weighted by Crippen LogP contribution is 2.15. The smallest absolute Gasteiger partial charge is 0.252 e. The van der Waals surface area contributed by atoms with Crippen LogP contribution in [0.4, 0.5) is 5.69 Å². The van der Waals surface area contributed by atoms with Gasteiger partial charge in [-0.15, -0.1) is 0 Å². The molecule has 0 heterocycles. The standard InChI is InChI=1S/C18H18BrN3O3/c1-12(23)22-14-6-4-5-13(11-14)17(24)20-9-10-21-18(25)15-7-2-3-8-16(15)19/h2-8,11H,9-10H2,1H3,(H,20,24)(H,21,25)(H,22,23). The highest BCUT2D eigenvalue weighted by atomic mass is 79.9. The first-order valence-electron chi connectivity index (χ1n) is 7.66. The molecule has 2 aromatic carbocycles. The minimum Gasteiger partial charge on any atom is -0.350 e. The van der Waals surface area contributed by atoms with E-state index in [0.717, 1.165) is 0 Å². The van der Waals surface area contributed by atoms with Gasteiger partial charge in [-0.25, -0.2) is 0 Å². The number of carbonyl (C=O) groups is 3. The molecule has 2 aromatic rings. The van der Waals surface area contributed by atoms with Crippen molar-refractivity contribution in [2.75, 3.05) is 18.4 Å². The fourth-order valence-electron chi connectivity index (χ4n) is 2.14. The van der Waals surface area contributed by atoms with Crippen LogP contribution in [0.15, 0.2) is 53.0 Å². The zero-order valence-corrected chi connectivity index (χ0v) is 15.2. The number of hydrogen-bond acceptors (Lipinski definition) is 3. The fourth-order valence-corrected chi connectivity index (χ4v) is 2.60. The van der Waals surface area contributed by atoms with Crippen LogP contribution in [-0.4, -0.2) is 30.8 Å². The Hall–Kier alpha value is -2.67. The topological polar surface area (TPSA) is 87.3 Å². The van der Waals surface area contributed by atoms with Gasteiger partial charge in [-0.2, -0.15) is 0 Å². The monoisotopic (exact) mass is 403 g/mol. The van der Waals surface area contributed by atoms with Crippen molar-refractivity contribution in [1.82, 2.24) is 10.6 Å². The summed E-state index contributed by atoms with van der Waals surface area (Å²) >= 11 is 3.32. The van der Waals surface area contributed by atoms with Crippen molar-refractivity contribution >= 4 is 39.3 Å². The number of amides is 3. The third-order valence-electron chi connectivity index (χ3n) is 3.26. The second-order valence-corrected chi connectivity index (χ2v) is 6.11. The third kappa shape index (κ3) is 5.72. The number of rotatable bonds is 6. The highest BCUT2D eigenvalue weighted by Gasteiger charge is 2.09. The maximum atomic E-state index is 12.1. The molecule has 0 radical (unpaired) electrons. The maximum Gasteiger partial charge on any atom is 0.252 e. The van der Waals surface area contributed by atoms with Crippen molar-refractivity contribution in [2.45, 2.75) is 6.92 Å². The normalized spacial score (nSPS) is 10.0. The SMILES string of the molecule is CC(=O)Nc1cccc(C(=O)NCCNC(=O)c2ccccc2Br)c1. The molecule has 7 heteroatoms. The second kappa shape index (κ2) is 8.98. The third-order valence-corrected chi connectivity index (χ3v) is 3.95. The number of nitrogens with one attached hydrogen (secondary N) is 3. The fraction of sp³-hybridized carbons (Fsp3) is 0.167. The second-order valence-electron chi connectivity index (χ2n) is 5.25. The van der Waals surface area contributed by atoms with Gasteiger partial charge in [-0.05, 0) is 46.3 Å². The summed E-state index contributed by atoms with van der Waals surface area (Å²) in [7, 11) is 0. The minimum absolute atomic E-state index is 0.202. The van der Waals surface area contributed by atoms with Crippen LogP contribution < -0.4 is 16.0 Å². The summed E-state index contributed by atoms with van der Waals surface area (Å²) in [5.41, 5.74) is 1.53. The lowest BCUT2D eigenvalue weighted by molar-refractivity contribution is -0.114. The first-order valence-corrected chi connectivity index (χ1v) is 8.45. The van der Waals surface area contributed by atoms with Gasteiger partial charge in [0.15, 0.2) is 0 Å². The van der Waals surface area contributed by atoms with Crippen LogP contribution in [0.3, 0.4) is 0 Å². The van der Waals surface area contributed by atoms with Gasteiger partial charge in [0.05, 0.1) is 5.56 Å². The van der Waals surface area contributed by atoms with Crippen molar-refractivity contribution < 1.29 is 14.4 Å². The summed E-state index contributed by atoms with van der Waals surface area (Å²) in [4.78, 5) is 35.2. The summed E-state index contributed by atoms with van der Waals surface area (Å²) in [5.74, 6) is -0.691. The number of halogens is 1. The van der Waals surface area contributed by atoms with E-state index in [0.29, 0.717) is 34.4 Å². The molecule has 0 aromatic heterocycles. The Morgan fingerprint density at radius 1 is 0.920 bits per heavy atom.